The summed E-state index contributed by atoms with van der Waals surface area (Å²) in [6.45, 7) is 4.40. The molecule has 1 amide bonds. The molecule has 0 fully saturated rings. The van der Waals surface area contributed by atoms with Crippen molar-refractivity contribution in [1.29, 1.82) is 0 Å². The molecule has 7 nitrogen and oxygen atoms in total. The van der Waals surface area contributed by atoms with E-state index in [9.17, 15) is 13.2 Å². The van der Waals surface area contributed by atoms with Crippen molar-refractivity contribution < 1.29 is 13.2 Å². The molecule has 0 radical (unpaired) electrons. The first kappa shape index (κ1) is 18.9. The maximum absolute atomic E-state index is 12.5. The summed E-state index contributed by atoms with van der Waals surface area (Å²) in [7, 11) is -3.52. The van der Waals surface area contributed by atoms with Crippen molar-refractivity contribution in [2.45, 2.75) is 18.7 Å². The Bertz CT molecular complexity index is 1060. The summed E-state index contributed by atoms with van der Waals surface area (Å²) >= 11 is 0. The van der Waals surface area contributed by atoms with Gasteiger partial charge in [-0.3, -0.25) is 14.8 Å². The molecular weight excluding hydrogens is 364 g/mol. The lowest BCUT2D eigenvalue weighted by Crippen LogP contribution is -2.30. The SMILES string of the molecule is CCN(CC)S(=O)(=O)c1ccc(NC(=O)c2ccc3nccnc3c2)cc1. The highest BCUT2D eigenvalue weighted by atomic mass is 32.2. The third kappa shape index (κ3) is 3.96. The Morgan fingerprint density at radius 3 is 2.22 bits per heavy atom. The standard InChI is InChI=1S/C19H20N4O3S/c1-3-23(4-2)27(25,26)16-8-6-15(7-9-16)22-19(24)14-5-10-17-18(13-14)21-12-11-20-17/h5-13H,3-4H2,1-2H3,(H,22,24). The number of hydrogen-bond acceptors (Lipinski definition) is 5. The summed E-state index contributed by atoms with van der Waals surface area (Å²) in [6, 6.07) is 11.2. The van der Waals surface area contributed by atoms with Crippen LogP contribution in [0.2, 0.25) is 0 Å². The van der Waals surface area contributed by atoms with Gasteiger partial charge in [-0.25, -0.2) is 8.42 Å². The van der Waals surface area contributed by atoms with E-state index < -0.39 is 10.0 Å². The van der Waals surface area contributed by atoms with Gasteiger partial charge in [-0.05, 0) is 42.5 Å². The number of carbonyl (C=O) groups excluding carboxylic acids is 1. The Morgan fingerprint density at radius 1 is 0.963 bits per heavy atom. The van der Waals surface area contributed by atoms with E-state index in [2.05, 4.69) is 15.3 Å². The zero-order valence-corrected chi connectivity index (χ0v) is 15.9. The van der Waals surface area contributed by atoms with Crippen LogP contribution in [0.5, 0.6) is 0 Å². The second kappa shape index (κ2) is 7.81. The van der Waals surface area contributed by atoms with Gasteiger partial charge in [-0.15, -0.1) is 0 Å². The molecule has 0 aliphatic rings. The molecule has 0 atom stereocenters. The summed E-state index contributed by atoms with van der Waals surface area (Å²) in [6.07, 6.45) is 3.16. The Kier molecular flexibility index (Phi) is 5.48. The van der Waals surface area contributed by atoms with Gasteiger partial charge in [0.05, 0.1) is 15.9 Å². The van der Waals surface area contributed by atoms with Crippen LogP contribution >= 0.6 is 0 Å². The lowest BCUT2D eigenvalue weighted by molar-refractivity contribution is 0.102. The molecular formula is C19H20N4O3S. The van der Waals surface area contributed by atoms with Gasteiger partial charge in [0.2, 0.25) is 10.0 Å². The fourth-order valence-electron chi connectivity index (χ4n) is 2.73. The van der Waals surface area contributed by atoms with Gasteiger partial charge in [0, 0.05) is 36.7 Å². The van der Waals surface area contributed by atoms with Gasteiger partial charge in [0.1, 0.15) is 0 Å². The highest BCUT2D eigenvalue weighted by Crippen LogP contribution is 2.19. The number of amides is 1. The molecule has 3 aromatic rings. The minimum atomic E-state index is -3.52. The molecule has 0 aliphatic heterocycles. The minimum absolute atomic E-state index is 0.199. The highest BCUT2D eigenvalue weighted by molar-refractivity contribution is 7.89. The zero-order chi connectivity index (χ0) is 19.4. The molecule has 3 rings (SSSR count). The van der Waals surface area contributed by atoms with Crippen molar-refractivity contribution in [2.75, 3.05) is 18.4 Å². The van der Waals surface area contributed by atoms with E-state index in [0.717, 1.165) is 0 Å². The maximum Gasteiger partial charge on any atom is 0.255 e. The number of sulfonamides is 1. The number of carbonyl (C=O) groups is 1. The van der Waals surface area contributed by atoms with E-state index in [4.69, 9.17) is 0 Å². The van der Waals surface area contributed by atoms with E-state index >= 15 is 0 Å². The maximum atomic E-state index is 12.5. The quantitative estimate of drug-likeness (QED) is 0.705. The third-order valence-electron chi connectivity index (χ3n) is 4.19. The van der Waals surface area contributed by atoms with Crippen LogP contribution < -0.4 is 5.32 Å². The molecule has 0 spiro atoms. The van der Waals surface area contributed by atoms with E-state index in [1.165, 1.54) is 16.4 Å². The van der Waals surface area contributed by atoms with Crippen LogP contribution in [0, 0.1) is 0 Å². The van der Waals surface area contributed by atoms with Crippen LogP contribution in [0.15, 0.2) is 59.8 Å². The molecule has 0 unspecified atom stereocenters. The van der Waals surface area contributed by atoms with Crippen LogP contribution in [-0.2, 0) is 10.0 Å². The lowest BCUT2D eigenvalue weighted by Gasteiger charge is -2.18. The fourth-order valence-corrected chi connectivity index (χ4v) is 4.19. The predicted molar refractivity (Wildman–Crippen MR) is 104 cm³/mol. The third-order valence-corrected chi connectivity index (χ3v) is 6.25. The number of nitrogens with one attached hydrogen (secondary N) is 1. The molecule has 0 bridgehead atoms. The van der Waals surface area contributed by atoms with Gasteiger partial charge in [0.15, 0.2) is 0 Å². The largest absolute Gasteiger partial charge is 0.322 e. The van der Waals surface area contributed by atoms with Crippen molar-refractivity contribution in [3.8, 4) is 0 Å². The number of hydrogen-bond donors (Lipinski definition) is 1. The minimum Gasteiger partial charge on any atom is -0.322 e. The summed E-state index contributed by atoms with van der Waals surface area (Å²) in [5.41, 5.74) is 2.30. The number of rotatable bonds is 6. The van der Waals surface area contributed by atoms with Crippen molar-refractivity contribution in [3.05, 3.63) is 60.4 Å². The van der Waals surface area contributed by atoms with E-state index in [0.29, 0.717) is 35.4 Å². The van der Waals surface area contributed by atoms with Crippen LogP contribution in [0.4, 0.5) is 5.69 Å². The van der Waals surface area contributed by atoms with Crippen molar-refractivity contribution >= 4 is 32.7 Å². The van der Waals surface area contributed by atoms with E-state index in [1.807, 2.05) is 0 Å². The first-order chi connectivity index (χ1) is 13.0. The molecule has 27 heavy (non-hydrogen) atoms. The van der Waals surface area contributed by atoms with Gasteiger partial charge >= 0.3 is 0 Å². The van der Waals surface area contributed by atoms with Gasteiger partial charge in [-0.2, -0.15) is 4.31 Å². The molecule has 0 aliphatic carbocycles. The first-order valence-electron chi connectivity index (χ1n) is 8.58. The Labute approximate surface area is 158 Å². The molecule has 140 valence electrons. The molecule has 1 N–H and O–H groups in total. The van der Waals surface area contributed by atoms with Crippen LogP contribution in [0.1, 0.15) is 24.2 Å². The summed E-state index contributed by atoms with van der Waals surface area (Å²) in [5.74, 6) is -0.304. The lowest BCUT2D eigenvalue weighted by atomic mass is 10.1. The molecule has 1 aromatic heterocycles. The monoisotopic (exact) mass is 384 g/mol. The summed E-state index contributed by atoms with van der Waals surface area (Å²) < 4.78 is 26.4. The highest BCUT2D eigenvalue weighted by Gasteiger charge is 2.21. The fraction of sp³-hybridized carbons (Fsp3) is 0.211. The molecule has 2 aromatic carbocycles. The summed E-state index contributed by atoms with van der Waals surface area (Å²) in [5, 5.41) is 2.76. The zero-order valence-electron chi connectivity index (χ0n) is 15.1. The summed E-state index contributed by atoms with van der Waals surface area (Å²) in [4.78, 5) is 21.0. The van der Waals surface area contributed by atoms with Crippen molar-refractivity contribution in [3.63, 3.8) is 0 Å². The van der Waals surface area contributed by atoms with Crippen molar-refractivity contribution in [1.82, 2.24) is 14.3 Å². The number of nitrogens with zero attached hydrogens (tertiary/aromatic N) is 3. The number of anilines is 1. The second-order valence-electron chi connectivity index (χ2n) is 5.83. The van der Waals surface area contributed by atoms with Gasteiger partial charge < -0.3 is 5.32 Å². The van der Waals surface area contributed by atoms with Crippen LogP contribution in [0.3, 0.4) is 0 Å². The second-order valence-corrected chi connectivity index (χ2v) is 7.77. The number of fused-ring (bicyclic) bond motifs is 1. The number of benzene rings is 2. The number of aromatic nitrogens is 2. The first-order valence-corrected chi connectivity index (χ1v) is 10.0. The van der Waals surface area contributed by atoms with E-state index in [1.54, 1.807) is 56.6 Å². The molecule has 0 saturated heterocycles. The normalized spacial score (nSPS) is 11.7. The predicted octanol–water partition coefficient (Wildman–Crippen LogP) is 2.91. The molecule has 8 heteroatoms. The average molecular weight is 384 g/mol. The molecule has 0 saturated carbocycles. The topological polar surface area (TPSA) is 92.3 Å². The Balaban J connectivity index is 1.78. The van der Waals surface area contributed by atoms with E-state index in [-0.39, 0.29) is 10.8 Å². The average Bonchev–Trinajstić information content (AvgIpc) is 2.68. The van der Waals surface area contributed by atoms with Gasteiger partial charge in [-0.1, -0.05) is 13.8 Å². The Morgan fingerprint density at radius 2 is 1.59 bits per heavy atom. The smallest absolute Gasteiger partial charge is 0.255 e. The van der Waals surface area contributed by atoms with Crippen LogP contribution in [0.25, 0.3) is 11.0 Å². The van der Waals surface area contributed by atoms with Crippen molar-refractivity contribution in [2.24, 2.45) is 0 Å². The Hall–Kier alpha value is -2.84. The molecule has 1 heterocycles. The van der Waals surface area contributed by atoms with Crippen LogP contribution in [-0.4, -0.2) is 41.7 Å². The van der Waals surface area contributed by atoms with Gasteiger partial charge in [0.25, 0.3) is 5.91 Å².